The summed E-state index contributed by atoms with van der Waals surface area (Å²) in [6.45, 7) is 3.60. The Labute approximate surface area is 127 Å². The molecule has 21 heavy (non-hydrogen) atoms. The Morgan fingerprint density at radius 2 is 1.81 bits per heavy atom. The Morgan fingerprint density at radius 1 is 1.24 bits per heavy atom. The van der Waals surface area contributed by atoms with Gasteiger partial charge in [-0.2, -0.15) is 0 Å². The van der Waals surface area contributed by atoms with Crippen molar-refractivity contribution in [3.8, 4) is 0 Å². The molecule has 1 atom stereocenters. The number of hydrogen-bond donors (Lipinski definition) is 3. The van der Waals surface area contributed by atoms with Crippen LogP contribution in [0.3, 0.4) is 0 Å². The fourth-order valence-corrected chi connectivity index (χ4v) is 2.56. The molecule has 0 bridgehead atoms. The smallest absolute Gasteiger partial charge is 0.316 e. The van der Waals surface area contributed by atoms with Crippen LogP contribution in [-0.4, -0.2) is 33.9 Å². The maximum Gasteiger partial charge on any atom is 0.316 e. The van der Waals surface area contributed by atoms with Crippen LogP contribution in [0.5, 0.6) is 0 Å². The third-order valence-corrected chi connectivity index (χ3v) is 4.23. The minimum atomic E-state index is -0.923. The lowest BCUT2D eigenvalue weighted by Gasteiger charge is -2.15. The molecule has 0 saturated carbocycles. The van der Waals surface area contributed by atoms with Crippen LogP contribution in [0.4, 0.5) is 5.69 Å². The molecule has 2 amide bonds. The van der Waals surface area contributed by atoms with Crippen LogP contribution in [0.1, 0.15) is 24.2 Å². The first-order valence-corrected chi connectivity index (χ1v) is 7.40. The number of rotatable bonds is 7. The molecule has 4 N–H and O–H groups in total. The summed E-state index contributed by atoms with van der Waals surface area (Å²) in [4.78, 5) is 33.7. The van der Waals surface area contributed by atoms with Crippen molar-refractivity contribution in [2.24, 2.45) is 11.7 Å². The summed E-state index contributed by atoms with van der Waals surface area (Å²) in [7, 11) is 0. The summed E-state index contributed by atoms with van der Waals surface area (Å²) in [5.74, 6) is -1.76. The van der Waals surface area contributed by atoms with Crippen molar-refractivity contribution in [2.75, 3.05) is 11.1 Å². The number of anilines is 1. The van der Waals surface area contributed by atoms with Gasteiger partial charge in [0.2, 0.25) is 11.8 Å². The summed E-state index contributed by atoms with van der Waals surface area (Å²) >= 11 is 1.09. The highest BCUT2D eigenvalue weighted by Gasteiger charge is 2.22. The molecule has 114 valence electrons. The summed E-state index contributed by atoms with van der Waals surface area (Å²) in [6.07, 6.45) is 0. The molecule has 0 aromatic heterocycles. The van der Waals surface area contributed by atoms with Crippen molar-refractivity contribution < 1.29 is 19.5 Å². The van der Waals surface area contributed by atoms with E-state index in [0.29, 0.717) is 11.3 Å². The minimum Gasteiger partial charge on any atom is -0.480 e. The van der Waals surface area contributed by atoms with E-state index in [9.17, 15) is 14.4 Å². The molecule has 7 heteroatoms. The van der Waals surface area contributed by atoms with Crippen molar-refractivity contribution >= 4 is 35.2 Å². The van der Waals surface area contributed by atoms with E-state index in [1.807, 2.05) is 0 Å². The predicted octanol–water partition coefficient (Wildman–Crippen LogP) is 1.57. The van der Waals surface area contributed by atoms with Gasteiger partial charge < -0.3 is 16.2 Å². The van der Waals surface area contributed by atoms with Gasteiger partial charge in [-0.1, -0.05) is 13.8 Å². The number of nitrogens with two attached hydrogens (primary N) is 1. The van der Waals surface area contributed by atoms with Gasteiger partial charge in [-0.25, -0.2) is 0 Å². The highest BCUT2D eigenvalue weighted by molar-refractivity contribution is 8.01. The van der Waals surface area contributed by atoms with Crippen LogP contribution in [0.2, 0.25) is 0 Å². The second-order valence-corrected chi connectivity index (χ2v) is 5.93. The van der Waals surface area contributed by atoms with Crippen LogP contribution in [0.25, 0.3) is 0 Å². The maximum absolute atomic E-state index is 11.8. The quantitative estimate of drug-likeness (QED) is 0.708. The first kappa shape index (κ1) is 17.0. The molecule has 0 radical (unpaired) electrons. The molecular weight excluding hydrogens is 292 g/mol. The lowest BCUT2D eigenvalue weighted by molar-refractivity contribution is -0.137. The van der Waals surface area contributed by atoms with E-state index in [1.165, 1.54) is 12.1 Å². The Balaban J connectivity index is 2.53. The van der Waals surface area contributed by atoms with Gasteiger partial charge in [0.15, 0.2) is 0 Å². The Kier molecular flexibility index (Phi) is 6.23. The molecule has 0 spiro atoms. The maximum atomic E-state index is 11.8. The van der Waals surface area contributed by atoms with E-state index < -0.39 is 17.1 Å². The third-order valence-electron chi connectivity index (χ3n) is 2.70. The molecule has 0 heterocycles. The van der Waals surface area contributed by atoms with E-state index in [4.69, 9.17) is 10.8 Å². The van der Waals surface area contributed by atoms with Crippen LogP contribution < -0.4 is 11.1 Å². The molecule has 0 aliphatic rings. The normalized spacial score (nSPS) is 12.0. The monoisotopic (exact) mass is 310 g/mol. The first-order valence-electron chi connectivity index (χ1n) is 6.35. The molecule has 1 rings (SSSR count). The summed E-state index contributed by atoms with van der Waals surface area (Å²) in [5, 5.41) is 11.1. The fraction of sp³-hybridized carbons (Fsp3) is 0.357. The molecule has 1 aromatic carbocycles. The lowest BCUT2D eigenvalue weighted by atomic mass is 10.1. The van der Waals surface area contributed by atoms with Crippen LogP contribution in [0, 0.1) is 5.92 Å². The molecular formula is C14H18N2O4S. The predicted molar refractivity (Wildman–Crippen MR) is 82.3 cm³/mol. The van der Waals surface area contributed by atoms with Gasteiger partial charge in [-0.05, 0) is 30.2 Å². The number of carboxylic acid groups (broad SMARTS) is 1. The number of primary amides is 1. The summed E-state index contributed by atoms with van der Waals surface area (Å²) < 4.78 is 0. The van der Waals surface area contributed by atoms with Crippen molar-refractivity contribution in [2.45, 2.75) is 19.1 Å². The van der Waals surface area contributed by atoms with Crippen molar-refractivity contribution in [3.63, 3.8) is 0 Å². The number of hydrogen-bond acceptors (Lipinski definition) is 4. The standard InChI is InChI=1S/C14H18N2O4S/c1-8(2)12(14(19)20)21-7-11(17)16-10-5-3-9(4-6-10)13(15)18/h3-6,8,12H,7H2,1-2H3,(H2,15,18)(H,16,17)(H,19,20). The van der Waals surface area contributed by atoms with E-state index in [2.05, 4.69) is 5.32 Å². The zero-order chi connectivity index (χ0) is 16.0. The number of benzene rings is 1. The number of carboxylic acids is 1. The Hall–Kier alpha value is -2.02. The van der Waals surface area contributed by atoms with Gasteiger partial charge in [0, 0.05) is 11.3 Å². The molecule has 1 unspecified atom stereocenters. The molecule has 0 fully saturated rings. The average Bonchev–Trinajstić information content (AvgIpc) is 2.38. The van der Waals surface area contributed by atoms with Gasteiger partial charge in [0.1, 0.15) is 5.25 Å². The van der Waals surface area contributed by atoms with Crippen molar-refractivity contribution in [1.82, 2.24) is 0 Å². The SMILES string of the molecule is CC(C)C(SCC(=O)Nc1ccc(C(N)=O)cc1)C(=O)O. The Morgan fingerprint density at radius 3 is 2.24 bits per heavy atom. The Bertz CT molecular complexity index is 528. The topological polar surface area (TPSA) is 109 Å². The van der Waals surface area contributed by atoms with Crippen LogP contribution in [-0.2, 0) is 9.59 Å². The second kappa shape index (κ2) is 7.68. The first-order chi connectivity index (χ1) is 9.81. The highest BCUT2D eigenvalue weighted by Crippen LogP contribution is 2.20. The zero-order valence-corrected chi connectivity index (χ0v) is 12.6. The van der Waals surface area contributed by atoms with E-state index >= 15 is 0 Å². The van der Waals surface area contributed by atoms with Gasteiger partial charge in [-0.3, -0.25) is 14.4 Å². The van der Waals surface area contributed by atoms with E-state index in [0.717, 1.165) is 11.8 Å². The van der Waals surface area contributed by atoms with Gasteiger partial charge in [0.05, 0.1) is 5.75 Å². The largest absolute Gasteiger partial charge is 0.480 e. The number of nitrogens with one attached hydrogen (secondary N) is 1. The number of carbonyl (C=O) groups excluding carboxylic acids is 2. The fourth-order valence-electron chi connectivity index (χ4n) is 1.63. The van der Waals surface area contributed by atoms with Gasteiger partial charge in [0.25, 0.3) is 0 Å². The van der Waals surface area contributed by atoms with Gasteiger partial charge >= 0.3 is 5.97 Å². The third kappa shape index (κ3) is 5.47. The zero-order valence-electron chi connectivity index (χ0n) is 11.8. The minimum absolute atomic E-state index is 0.0483. The highest BCUT2D eigenvalue weighted by atomic mass is 32.2. The van der Waals surface area contributed by atoms with Crippen molar-refractivity contribution in [3.05, 3.63) is 29.8 Å². The van der Waals surface area contributed by atoms with Crippen LogP contribution >= 0.6 is 11.8 Å². The second-order valence-electron chi connectivity index (χ2n) is 4.80. The summed E-state index contributed by atoms with van der Waals surface area (Å²) in [5.41, 5.74) is 6.00. The van der Waals surface area contributed by atoms with Crippen LogP contribution in [0.15, 0.2) is 24.3 Å². The lowest BCUT2D eigenvalue weighted by Crippen LogP contribution is -2.25. The summed E-state index contributed by atoms with van der Waals surface area (Å²) in [6, 6.07) is 6.16. The number of carbonyl (C=O) groups is 3. The molecule has 1 aromatic rings. The van der Waals surface area contributed by atoms with E-state index in [-0.39, 0.29) is 17.6 Å². The molecule has 6 nitrogen and oxygen atoms in total. The van der Waals surface area contributed by atoms with E-state index in [1.54, 1.807) is 26.0 Å². The average molecular weight is 310 g/mol. The molecule has 0 aliphatic carbocycles. The number of thioether (sulfide) groups is 1. The van der Waals surface area contributed by atoms with Gasteiger partial charge in [-0.15, -0.1) is 11.8 Å². The molecule has 0 aliphatic heterocycles. The number of aliphatic carboxylic acids is 1. The number of amides is 2. The van der Waals surface area contributed by atoms with Crippen molar-refractivity contribution in [1.29, 1.82) is 0 Å². The molecule has 0 saturated heterocycles.